The molecule has 0 atom stereocenters. The van der Waals surface area contributed by atoms with Crippen molar-refractivity contribution in [2.75, 3.05) is 18.5 Å². The van der Waals surface area contributed by atoms with E-state index < -0.39 is 42.5 Å². The molecule has 2 N–H and O–H groups in total. The van der Waals surface area contributed by atoms with E-state index in [2.05, 4.69) is 24.5 Å². The Hall–Kier alpha value is -2.90. The van der Waals surface area contributed by atoms with Gasteiger partial charge in [0.2, 0.25) is 0 Å². The second kappa shape index (κ2) is 7.55. The summed E-state index contributed by atoms with van der Waals surface area (Å²) in [5.74, 6) is -1.48. The van der Waals surface area contributed by atoms with Crippen LogP contribution < -0.4 is 10.6 Å². The molecule has 0 spiro atoms. The smallest absolute Gasteiger partial charge is 0.326 e. The van der Waals surface area contributed by atoms with Crippen LogP contribution in [0.2, 0.25) is 0 Å². The Labute approximate surface area is 151 Å². The summed E-state index contributed by atoms with van der Waals surface area (Å²) in [4.78, 5) is 48.1. The first-order valence-electron chi connectivity index (χ1n) is 8.29. The highest BCUT2D eigenvalue weighted by atomic mass is 16.5. The molecule has 0 radical (unpaired) electrons. The minimum atomic E-state index is -1.06. The van der Waals surface area contributed by atoms with E-state index in [1.165, 1.54) is 13.8 Å². The van der Waals surface area contributed by atoms with Gasteiger partial charge in [0.15, 0.2) is 6.61 Å². The number of hydrogen-bond acceptors (Lipinski definition) is 5. The van der Waals surface area contributed by atoms with Crippen LogP contribution >= 0.6 is 0 Å². The van der Waals surface area contributed by atoms with Crippen LogP contribution in [-0.2, 0) is 19.1 Å². The zero-order valence-corrected chi connectivity index (χ0v) is 15.3. The van der Waals surface area contributed by atoms with E-state index in [0.29, 0.717) is 11.6 Å². The predicted molar refractivity (Wildman–Crippen MR) is 94.4 cm³/mol. The monoisotopic (exact) mass is 361 g/mol. The number of nitrogens with zero attached hydrogens (tertiary/aromatic N) is 1. The van der Waals surface area contributed by atoms with E-state index in [-0.39, 0.29) is 0 Å². The second-order valence-electron chi connectivity index (χ2n) is 6.93. The Bertz CT molecular complexity index is 725. The summed E-state index contributed by atoms with van der Waals surface area (Å²) in [7, 11) is 0. The van der Waals surface area contributed by atoms with Gasteiger partial charge in [0.1, 0.15) is 12.1 Å². The summed E-state index contributed by atoms with van der Waals surface area (Å²) < 4.78 is 4.84. The minimum Gasteiger partial charge on any atom is -0.454 e. The fraction of sp³-hybridized carbons (Fsp3) is 0.444. The molecule has 1 saturated heterocycles. The highest BCUT2D eigenvalue weighted by Gasteiger charge is 2.45. The van der Waals surface area contributed by atoms with Crippen molar-refractivity contribution in [2.24, 2.45) is 0 Å². The van der Waals surface area contributed by atoms with Crippen LogP contribution in [0.15, 0.2) is 24.3 Å². The third-order valence-electron chi connectivity index (χ3n) is 3.96. The number of urea groups is 1. The Morgan fingerprint density at radius 2 is 1.81 bits per heavy atom. The Morgan fingerprint density at radius 3 is 2.31 bits per heavy atom. The molecule has 0 bridgehead atoms. The van der Waals surface area contributed by atoms with Crippen molar-refractivity contribution in [3.05, 3.63) is 29.8 Å². The standard InChI is InChI=1S/C18H23N3O5/c1-11(2)12-5-7-13(8-6-12)19-14(22)10-26-15(23)9-21-16(24)18(3,4)20-17(21)25/h5-8,11H,9-10H2,1-4H3,(H,19,22)(H,20,25). The molecule has 1 aliphatic rings. The van der Waals surface area contributed by atoms with Gasteiger partial charge in [-0.3, -0.25) is 19.3 Å². The van der Waals surface area contributed by atoms with E-state index in [9.17, 15) is 19.2 Å². The van der Waals surface area contributed by atoms with E-state index in [1.807, 2.05) is 12.1 Å². The van der Waals surface area contributed by atoms with Gasteiger partial charge in [0, 0.05) is 5.69 Å². The van der Waals surface area contributed by atoms with Crippen LogP contribution in [0, 0.1) is 0 Å². The average Bonchev–Trinajstić information content (AvgIpc) is 2.75. The van der Waals surface area contributed by atoms with Crippen molar-refractivity contribution in [1.82, 2.24) is 10.2 Å². The molecule has 8 nitrogen and oxygen atoms in total. The Kier molecular flexibility index (Phi) is 5.64. The number of esters is 1. The van der Waals surface area contributed by atoms with Crippen LogP contribution in [0.1, 0.15) is 39.2 Å². The maximum absolute atomic E-state index is 12.0. The molecule has 1 aromatic carbocycles. The third kappa shape index (κ3) is 4.59. The number of hydrogen-bond donors (Lipinski definition) is 2. The first-order valence-corrected chi connectivity index (χ1v) is 8.29. The topological polar surface area (TPSA) is 105 Å². The fourth-order valence-corrected chi connectivity index (χ4v) is 2.43. The van der Waals surface area contributed by atoms with Gasteiger partial charge in [-0.25, -0.2) is 4.79 Å². The molecule has 0 saturated carbocycles. The molecule has 1 heterocycles. The van der Waals surface area contributed by atoms with Gasteiger partial charge in [0.25, 0.3) is 11.8 Å². The quantitative estimate of drug-likeness (QED) is 0.592. The summed E-state index contributed by atoms with van der Waals surface area (Å²) in [6.45, 7) is 6.18. The van der Waals surface area contributed by atoms with Gasteiger partial charge in [-0.2, -0.15) is 0 Å². The number of carbonyl (C=O) groups is 4. The largest absolute Gasteiger partial charge is 0.454 e. The van der Waals surface area contributed by atoms with Crippen molar-refractivity contribution < 1.29 is 23.9 Å². The first kappa shape index (κ1) is 19.4. The zero-order chi connectivity index (χ0) is 19.5. The number of anilines is 1. The maximum Gasteiger partial charge on any atom is 0.326 e. The highest BCUT2D eigenvalue weighted by Crippen LogP contribution is 2.17. The average molecular weight is 361 g/mol. The van der Waals surface area contributed by atoms with E-state index in [1.54, 1.807) is 12.1 Å². The van der Waals surface area contributed by atoms with Crippen molar-refractivity contribution >= 4 is 29.5 Å². The Balaban J connectivity index is 1.81. The molecule has 0 unspecified atom stereocenters. The van der Waals surface area contributed by atoms with Crippen LogP contribution in [0.5, 0.6) is 0 Å². The van der Waals surface area contributed by atoms with E-state index in [4.69, 9.17) is 4.74 Å². The van der Waals surface area contributed by atoms with Gasteiger partial charge in [-0.15, -0.1) is 0 Å². The molecule has 1 fully saturated rings. The molecule has 4 amide bonds. The third-order valence-corrected chi connectivity index (χ3v) is 3.96. The highest BCUT2D eigenvalue weighted by molar-refractivity contribution is 6.08. The number of benzene rings is 1. The summed E-state index contributed by atoms with van der Waals surface area (Å²) >= 11 is 0. The van der Waals surface area contributed by atoms with Gasteiger partial charge in [0.05, 0.1) is 0 Å². The fourth-order valence-electron chi connectivity index (χ4n) is 2.43. The molecular formula is C18H23N3O5. The van der Waals surface area contributed by atoms with Gasteiger partial charge >= 0.3 is 12.0 Å². The van der Waals surface area contributed by atoms with Gasteiger partial charge in [-0.05, 0) is 37.5 Å². The van der Waals surface area contributed by atoms with Crippen LogP contribution in [0.3, 0.4) is 0 Å². The molecule has 1 aromatic rings. The van der Waals surface area contributed by atoms with Gasteiger partial charge < -0.3 is 15.4 Å². The van der Waals surface area contributed by atoms with Crippen LogP contribution in [0.25, 0.3) is 0 Å². The number of carbonyl (C=O) groups excluding carboxylic acids is 4. The van der Waals surface area contributed by atoms with Gasteiger partial charge in [-0.1, -0.05) is 26.0 Å². The molecule has 2 rings (SSSR count). The summed E-state index contributed by atoms with van der Waals surface area (Å²) in [5.41, 5.74) is 0.675. The number of rotatable bonds is 6. The summed E-state index contributed by atoms with van der Waals surface area (Å²) in [6.07, 6.45) is 0. The van der Waals surface area contributed by atoms with Crippen molar-refractivity contribution in [1.29, 1.82) is 0 Å². The molecular weight excluding hydrogens is 338 g/mol. The molecule has 0 aliphatic carbocycles. The van der Waals surface area contributed by atoms with E-state index >= 15 is 0 Å². The lowest BCUT2D eigenvalue weighted by molar-refractivity contribution is -0.150. The van der Waals surface area contributed by atoms with Crippen molar-refractivity contribution in [2.45, 2.75) is 39.2 Å². The number of nitrogens with one attached hydrogen (secondary N) is 2. The lowest BCUT2D eigenvalue weighted by Gasteiger charge is -2.15. The maximum atomic E-state index is 12.0. The number of imide groups is 1. The Morgan fingerprint density at radius 1 is 1.19 bits per heavy atom. The lowest BCUT2D eigenvalue weighted by Crippen LogP contribution is -2.41. The summed E-state index contributed by atoms with van der Waals surface area (Å²) in [6, 6.07) is 6.69. The number of ether oxygens (including phenoxy) is 1. The molecule has 26 heavy (non-hydrogen) atoms. The van der Waals surface area contributed by atoms with Crippen LogP contribution in [-0.4, -0.2) is 47.4 Å². The second-order valence-corrected chi connectivity index (χ2v) is 6.93. The molecule has 1 aliphatic heterocycles. The predicted octanol–water partition coefficient (Wildman–Crippen LogP) is 1.62. The molecule has 8 heteroatoms. The number of amides is 4. The molecule has 0 aromatic heterocycles. The minimum absolute atomic E-state index is 0.385. The lowest BCUT2D eigenvalue weighted by atomic mass is 10.0. The normalized spacial score (nSPS) is 15.8. The van der Waals surface area contributed by atoms with Crippen molar-refractivity contribution in [3.8, 4) is 0 Å². The first-order chi connectivity index (χ1) is 12.1. The van der Waals surface area contributed by atoms with E-state index in [0.717, 1.165) is 10.5 Å². The SMILES string of the molecule is CC(C)c1ccc(NC(=O)COC(=O)CN2C(=O)NC(C)(C)C2=O)cc1. The van der Waals surface area contributed by atoms with Crippen LogP contribution in [0.4, 0.5) is 10.5 Å². The molecule has 140 valence electrons. The van der Waals surface area contributed by atoms with Crippen molar-refractivity contribution in [3.63, 3.8) is 0 Å². The summed E-state index contributed by atoms with van der Waals surface area (Å²) in [5, 5.41) is 5.07. The zero-order valence-electron chi connectivity index (χ0n) is 15.3.